The Morgan fingerprint density at radius 1 is 1.17 bits per heavy atom. The van der Waals surface area contributed by atoms with E-state index in [1.54, 1.807) is 11.0 Å². The molecule has 0 saturated carbocycles. The lowest BCUT2D eigenvalue weighted by Gasteiger charge is -2.26. The highest BCUT2D eigenvalue weighted by Crippen LogP contribution is 2.18. The molecule has 1 saturated heterocycles. The van der Waals surface area contributed by atoms with Crippen LogP contribution >= 0.6 is 0 Å². The molecule has 10 heteroatoms. The van der Waals surface area contributed by atoms with Crippen molar-refractivity contribution in [2.24, 2.45) is 0 Å². The Labute approximate surface area is 167 Å². The standard InChI is InChI=1S/C15H19FN2O3.C4H4O4/c1-2-9-20-13-3-4-14(16)12(10-13)11-21-15(19)18-7-5-17-6-8-18;5-3(6)1-2-4(7)8/h2-4,10,17H,1,5-9,11H2;1-2H,(H,5,6)(H,7,8). The summed E-state index contributed by atoms with van der Waals surface area (Å²) in [6.45, 7) is 6.47. The van der Waals surface area contributed by atoms with E-state index in [0.29, 0.717) is 43.2 Å². The number of hydrogen-bond acceptors (Lipinski definition) is 6. The van der Waals surface area contributed by atoms with Gasteiger partial charge in [-0.05, 0) is 18.2 Å². The highest BCUT2D eigenvalue weighted by atomic mass is 19.1. The van der Waals surface area contributed by atoms with E-state index in [2.05, 4.69) is 11.9 Å². The first kappa shape index (κ1) is 23.6. The van der Waals surface area contributed by atoms with Gasteiger partial charge < -0.3 is 29.9 Å². The lowest BCUT2D eigenvalue weighted by atomic mass is 10.2. The molecule has 9 nitrogen and oxygen atoms in total. The SMILES string of the molecule is C=CCOc1ccc(F)c(COC(=O)N2CCNCC2)c1.O=C(O)C=CC(=O)O. The lowest BCUT2D eigenvalue weighted by molar-refractivity contribution is -0.134. The first-order chi connectivity index (χ1) is 13.8. The molecule has 1 aromatic carbocycles. The van der Waals surface area contributed by atoms with Gasteiger partial charge in [-0.15, -0.1) is 0 Å². The summed E-state index contributed by atoms with van der Waals surface area (Å²) < 4.78 is 24.2. The summed E-state index contributed by atoms with van der Waals surface area (Å²) in [6, 6.07) is 4.36. The average molecular weight is 410 g/mol. The topological polar surface area (TPSA) is 125 Å². The van der Waals surface area contributed by atoms with Crippen molar-refractivity contribution in [3.63, 3.8) is 0 Å². The van der Waals surface area contributed by atoms with Gasteiger partial charge in [0, 0.05) is 43.9 Å². The van der Waals surface area contributed by atoms with Crippen molar-refractivity contribution in [1.82, 2.24) is 10.2 Å². The van der Waals surface area contributed by atoms with E-state index in [9.17, 15) is 18.8 Å². The average Bonchev–Trinajstić information content (AvgIpc) is 2.71. The molecule has 0 bridgehead atoms. The highest BCUT2D eigenvalue weighted by Gasteiger charge is 2.18. The van der Waals surface area contributed by atoms with Gasteiger partial charge in [0.1, 0.15) is 24.8 Å². The molecule has 1 amide bonds. The smallest absolute Gasteiger partial charge is 0.410 e. The Kier molecular flexibility index (Phi) is 10.5. The van der Waals surface area contributed by atoms with Gasteiger partial charge in [0.25, 0.3) is 0 Å². The second-order valence-corrected chi connectivity index (χ2v) is 5.65. The molecule has 3 N–H and O–H groups in total. The van der Waals surface area contributed by atoms with Crippen LogP contribution in [0.5, 0.6) is 5.75 Å². The summed E-state index contributed by atoms with van der Waals surface area (Å²) in [7, 11) is 0. The van der Waals surface area contributed by atoms with Crippen molar-refractivity contribution in [2.75, 3.05) is 32.8 Å². The Morgan fingerprint density at radius 2 is 1.79 bits per heavy atom. The zero-order valence-corrected chi connectivity index (χ0v) is 15.7. The van der Waals surface area contributed by atoms with Crippen molar-refractivity contribution >= 4 is 18.0 Å². The van der Waals surface area contributed by atoms with Gasteiger partial charge in [-0.1, -0.05) is 12.7 Å². The van der Waals surface area contributed by atoms with Crippen LogP contribution in [-0.2, 0) is 20.9 Å². The summed E-state index contributed by atoms with van der Waals surface area (Å²) in [4.78, 5) is 32.6. The third-order valence-corrected chi connectivity index (χ3v) is 3.48. The van der Waals surface area contributed by atoms with Crippen LogP contribution in [0, 0.1) is 5.82 Å². The zero-order chi connectivity index (χ0) is 21.6. The number of carboxylic acid groups (broad SMARTS) is 2. The van der Waals surface area contributed by atoms with Gasteiger partial charge >= 0.3 is 18.0 Å². The molecule has 158 valence electrons. The van der Waals surface area contributed by atoms with Gasteiger partial charge in [0.15, 0.2) is 0 Å². The fraction of sp³-hybridized carbons (Fsp3) is 0.316. The minimum absolute atomic E-state index is 0.111. The first-order valence-electron chi connectivity index (χ1n) is 8.62. The number of nitrogens with zero attached hydrogens (tertiary/aromatic N) is 1. The van der Waals surface area contributed by atoms with Crippen LogP contribution in [0.15, 0.2) is 43.0 Å². The molecule has 0 atom stereocenters. The van der Waals surface area contributed by atoms with E-state index in [4.69, 9.17) is 19.7 Å². The molecule has 2 rings (SSSR count). The molecule has 1 aliphatic rings. The number of ether oxygens (including phenoxy) is 2. The normalized spacial score (nSPS) is 13.2. The molecule has 0 unspecified atom stereocenters. The summed E-state index contributed by atoms with van der Waals surface area (Å²) >= 11 is 0. The predicted octanol–water partition coefficient (Wildman–Crippen LogP) is 1.64. The number of carbonyl (C=O) groups excluding carboxylic acids is 1. The van der Waals surface area contributed by atoms with E-state index in [-0.39, 0.29) is 6.61 Å². The van der Waals surface area contributed by atoms with Crippen LogP contribution in [0.4, 0.5) is 9.18 Å². The third-order valence-electron chi connectivity index (χ3n) is 3.48. The summed E-state index contributed by atoms with van der Waals surface area (Å²) in [5.41, 5.74) is 0.292. The maximum atomic E-state index is 13.7. The molecule has 0 aliphatic carbocycles. The molecule has 29 heavy (non-hydrogen) atoms. The molecular weight excluding hydrogens is 387 g/mol. The summed E-state index contributed by atoms with van der Waals surface area (Å²) in [6.07, 6.45) is 2.30. The zero-order valence-electron chi connectivity index (χ0n) is 15.7. The minimum atomic E-state index is -1.26. The summed E-state index contributed by atoms with van der Waals surface area (Å²) in [5, 5.41) is 18.8. The number of carboxylic acids is 2. The van der Waals surface area contributed by atoms with Gasteiger partial charge in [-0.2, -0.15) is 0 Å². The van der Waals surface area contributed by atoms with Crippen molar-refractivity contribution in [1.29, 1.82) is 0 Å². The van der Waals surface area contributed by atoms with Crippen LogP contribution in [0.3, 0.4) is 0 Å². The second-order valence-electron chi connectivity index (χ2n) is 5.65. The van der Waals surface area contributed by atoms with E-state index >= 15 is 0 Å². The molecular formula is C19H23FN2O7. The van der Waals surface area contributed by atoms with E-state index in [0.717, 1.165) is 13.1 Å². The lowest BCUT2D eigenvalue weighted by Crippen LogP contribution is -2.46. The minimum Gasteiger partial charge on any atom is -0.490 e. The Hall–Kier alpha value is -3.40. The monoisotopic (exact) mass is 410 g/mol. The van der Waals surface area contributed by atoms with Gasteiger partial charge in [0.05, 0.1) is 0 Å². The molecule has 1 aromatic rings. The first-order valence-corrected chi connectivity index (χ1v) is 8.62. The summed E-state index contributed by atoms with van der Waals surface area (Å²) in [5.74, 6) is -2.42. The Morgan fingerprint density at radius 3 is 2.34 bits per heavy atom. The predicted molar refractivity (Wildman–Crippen MR) is 101 cm³/mol. The van der Waals surface area contributed by atoms with Crippen LogP contribution in [-0.4, -0.2) is 65.9 Å². The van der Waals surface area contributed by atoms with Crippen molar-refractivity contribution in [3.8, 4) is 5.75 Å². The fourth-order valence-corrected chi connectivity index (χ4v) is 2.13. The molecule has 0 radical (unpaired) electrons. The van der Waals surface area contributed by atoms with Crippen LogP contribution in [0.25, 0.3) is 0 Å². The third kappa shape index (κ3) is 9.91. The van der Waals surface area contributed by atoms with Crippen LogP contribution < -0.4 is 10.1 Å². The van der Waals surface area contributed by atoms with E-state index in [1.165, 1.54) is 18.2 Å². The molecule has 1 fully saturated rings. The maximum Gasteiger partial charge on any atom is 0.410 e. The number of carbonyl (C=O) groups is 3. The molecule has 0 spiro atoms. The quantitative estimate of drug-likeness (QED) is 0.458. The number of nitrogens with one attached hydrogen (secondary N) is 1. The van der Waals surface area contributed by atoms with Crippen molar-refractivity contribution in [2.45, 2.75) is 6.61 Å². The number of piperazine rings is 1. The van der Waals surface area contributed by atoms with Gasteiger partial charge in [-0.25, -0.2) is 18.8 Å². The maximum absolute atomic E-state index is 13.7. The number of aliphatic carboxylic acids is 2. The number of benzene rings is 1. The number of rotatable bonds is 7. The van der Waals surface area contributed by atoms with E-state index < -0.39 is 23.8 Å². The van der Waals surface area contributed by atoms with Crippen LogP contribution in [0.1, 0.15) is 5.56 Å². The second kappa shape index (κ2) is 12.9. The van der Waals surface area contributed by atoms with E-state index in [1.807, 2.05) is 0 Å². The largest absolute Gasteiger partial charge is 0.490 e. The van der Waals surface area contributed by atoms with Crippen molar-refractivity contribution < 1.29 is 38.5 Å². The van der Waals surface area contributed by atoms with Crippen molar-refractivity contribution in [3.05, 3.63) is 54.4 Å². The van der Waals surface area contributed by atoms with Crippen LogP contribution in [0.2, 0.25) is 0 Å². The fourth-order valence-electron chi connectivity index (χ4n) is 2.13. The van der Waals surface area contributed by atoms with Gasteiger partial charge in [0.2, 0.25) is 0 Å². The molecule has 1 heterocycles. The Balaban J connectivity index is 0.000000447. The van der Waals surface area contributed by atoms with Gasteiger partial charge in [-0.3, -0.25) is 0 Å². The Bertz CT molecular complexity index is 730. The highest BCUT2D eigenvalue weighted by molar-refractivity contribution is 5.89. The number of hydrogen-bond donors (Lipinski definition) is 3. The molecule has 1 aliphatic heterocycles. The number of halogens is 1. The molecule has 0 aromatic heterocycles. The number of amides is 1.